The maximum Gasteiger partial charge on any atom is 0.250 e. The molecular formula is C17H22N2O3S2. The third kappa shape index (κ3) is 4.23. The van der Waals surface area contributed by atoms with Crippen molar-refractivity contribution in [3.63, 3.8) is 0 Å². The van der Waals surface area contributed by atoms with Crippen LogP contribution in [0.3, 0.4) is 0 Å². The van der Waals surface area contributed by atoms with Gasteiger partial charge in [-0.05, 0) is 23.9 Å². The Morgan fingerprint density at radius 1 is 1.21 bits per heavy atom. The highest BCUT2D eigenvalue weighted by molar-refractivity contribution is 7.91. The number of sulfonamides is 1. The molecule has 24 heavy (non-hydrogen) atoms. The van der Waals surface area contributed by atoms with Crippen molar-refractivity contribution in [3.8, 4) is 0 Å². The molecule has 1 atom stereocenters. The molecule has 0 radical (unpaired) electrons. The predicted molar refractivity (Wildman–Crippen MR) is 95.8 cm³/mol. The Hall–Kier alpha value is -1.25. The third-order valence-electron chi connectivity index (χ3n) is 4.18. The second-order valence-electron chi connectivity index (χ2n) is 5.86. The second kappa shape index (κ2) is 7.76. The summed E-state index contributed by atoms with van der Waals surface area (Å²) >= 11 is 1.23. The Balaban J connectivity index is 1.78. The van der Waals surface area contributed by atoms with E-state index in [2.05, 4.69) is 33.9 Å². The Bertz CT molecular complexity index is 737. The molecule has 7 heteroatoms. The first-order chi connectivity index (χ1) is 11.6. The molecule has 0 amide bonds. The highest BCUT2D eigenvalue weighted by Crippen LogP contribution is 2.23. The van der Waals surface area contributed by atoms with Gasteiger partial charge in [0.1, 0.15) is 4.21 Å². The lowest BCUT2D eigenvalue weighted by atomic mass is 10.0. The quantitative estimate of drug-likeness (QED) is 0.853. The van der Waals surface area contributed by atoms with Crippen molar-refractivity contribution in [1.29, 1.82) is 0 Å². The van der Waals surface area contributed by atoms with Crippen molar-refractivity contribution in [2.75, 3.05) is 32.8 Å². The summed E-state index contributed by atoms with van der Waals surface area (Å²) < 4.78 is 33.4. The summed E-state index contributed by atoms with van der Waals surface area (Å²) in [6.07, 6.45) is 0. The molecule has 2 heterocycles. The van der Waals surface area contributed by atoms with Crippen LogP contribution in [0.25, 0.3) is 0 Å². The molecule has 0 aliphatic carbocycles. The zero-order chi connectivity index (χ0) is 17.0. The number of thiophene rings is 1. The van der Waals surface area contributed by atoms with E-state index in [1.54, 1.807) is 17.5 Å². The van der Waals surface area contributed by atoms with E-state index in [-0.39, 0.29) is 6.04 Å². The lowest BCUT2D eigenvalue weighted by Crippen LogP contribution is -2.43. The molecule has 1 aromatic heterocycles. The molecule has 2 aromatic rings. The smallest absolute Gasteiger partial charge is 0.250 e. The van der Waals surface area contributed by atoms with Crippen LogP contribution in [0.4, 0.5) is 0 Å². The van der Waals surface area contributed by atoms with Gasteiger partial charge in [-0.1, -0.05) is 35.9 Å². The van der Waals surface area contributed by atoms with E-state index in [1.807, 2.05) is 6.92 Å². The van der Waals surface area contributed by atoms with Gasteiger partial charge in [0.2, 0.25) is 10.0 Å². The summed E-state index contributed by atoms with van der Waals surface area (Å²) in [5.41, 5.74) is 2.31. The van der Waals surface area contributed by atoms with E-state index in [9.17, 15) is 8.42 Å². The maximum absolute atomic E-state index is 12.4. The molecule has 5 nitrogen and oxygen atoms in total. The van der Waals surface area contributed by atoms with Crippen LogP contribution >= 0.6 is 11.3 Å². The van der Waals surface area contributed by atoms with Crippen LogP contribution in [0.1, 0.15) is 17.2 Å². The molecule has 1 unspecified atom stereocenters. The molecule has 1 aliphatic rings. The zero-order valence-corrected chi connectivity index (χ0v) is 15.3. The summed E-state index contributed by atoms with van der Waals surface area (Å²) in [5.74, 6) is 0. The number of morpholine rings is 1. The van der Waals surface area contributed by atoms with Crippen LogP contribution in [-0.4, -0.2) is 46.2 Å². The SMILES string of the molecule is Cc1ccc(C(CNS(=O)(=O)c2cccs2)N2CCOCC2)cc1. The fourth-order valence-electron chi connectivity index (χ4n) is 2.81. The summed E-state index contributed by atoms with van der Waals surface area (Å²) in [7, 11) is -3.46. The summed E-state index contributed by atoms with van der Waals surface area (Å²) in [4.78, 5) is 2.28. The van der Waals surface area contributed by atoms with E-state index < -0.39 is 10.0 Å². The summed E-state index contributed by atoms with van der Waals surface area (Å²) in [6.45, 7) is 5.37. The minimum atomic E-state index is -3.46. The van der Waals surface area contributed by atoms with E-state index in [1.165, 1.54) is 16.9 Å². The van der Waals surface area contributed by atoms with Gasteiger partial charge in [0.25, 0.3) is 0 Å². The number of nitrogens with one attached hydrogen (secondary N) is 1. The number of rotatable bonds is 6. The number of aryl methyl sites for hydroxylation is 1. The molecule has 1 aromatic carbocycles. The van der Waals surface area contributed by atoms with Crippen LogP contribution in [0.5, 0.6) is 0 Å². The van der Waals surface area contributed by atoms with Crippen LogP contribution in [0.15, 0.2) is 46.0 Å². The van der Waals surface area contributed by atoms with Crippen LogP contribution in [0.2, 0.25) is 0 Å². The van der Waals surface area contributed by atoms with Gasteiger partial charge in [-0.3, -0.25) is 4.90 Å². The van der Waals surface area contributed by atoms with Gasteiger partial charge in [0.05, 0.1) is 13.2 Å². The van der Waals surface area contributed by atoms with Crippen molar-refractivity contribution < 1.29 is 13.2 Å². The molecule has 0 spiro atoms. The predicted octanol–water partition coefficient (Wildman–Crippen LogP) is 2.41. The van der Waals surface area contributed by atoms with Crippen LogP contribution in [0, 0.1) is 6.92 Å². The molecular weight excluding hydrogens is 344 g/mol. The first-order valence-electron chi connectivity index (χ1n) is 7.98. The van der Waals surface area contributed by atoms with E-state index in [4.69, 9.17) is 4.74 Å². The molecule has 130 valence electrons. The molecule has 0 bridgehead atoms. The summed E-state index contributed by atoms with van der Waals surface area (Å²) in [6, 6.07) is 11.7. The average Bonchev–Trinajstić information content (AvgIpc) is 3.13. The third-order valence-corrected chi connectivity index (χ3v) is 7.00. The van der Waals surface area contributed by atoms with Gasteiger partial charge in [-0.15, -0.1) is 11.3 Å². The Labute approximate surface area is 147 Å². The average molecular weight is 367 g/mol. The number of nitrogens with zero attached hydrogens (tertiary/aromatic N) is 1. The lowest BCUT2D eigenvalue weighted by Gasteiger charge is -2.34. The molecule has 1 fully saturated rings. The van der Waals surface area contributed by atoms with E-state index in [0.29, 0.717) is 24.0 Å². The Kier molecular flexibility index (Phi) is 5.68. The highest BCUT2D eigenvalue weighted by atomic mass is 32.2. The van der Waals surface area contributed by atoms with Gasteiger partial charge in [0.15, 0.2) is 0 Å². The number of hydrogen-bond acceptors (Lipinski definition) is 5. The van der Waals surface area contributed by atoms with Crippen molar-refractivity contribution >= 4 is 21.4 Å². The Morgan fingerprint density at radius 2 is 1.92 bits per heavy atom. The fraction of sp³-hybridized carbons (Fsp3) is 0.412. The van der Waals surface area contributed by atoms with Crippen molar-refractivity contribution in [2.24, 2.45) is 0 Å². The first-order valence-corrected chi connectivity index (χ1v) is 10.3. The van der Waals surface area contributed by atoms with Gasteiger partial charge >= 0.3 is 0 Å². The number of hydrogen-bond donors (Lipinski definition) is 1. The minimum absolute atomic E-state index is 0.00392. The normalized spacial score (nSPS) is 17.7. The number of benzene rings is 1. The molecule has 1 saturated heterocycles. The minimum Gasteiger partial charge on any atom is -0.379 e. The first kappa shape index (κ1) is 17.6. The van der Waals surface area contributed by atoms with Crippen LogP contribution in [-0.2, 0) is 14.8 Å². The molecule has 3 rings (SSSR count). The second-order valence-corrected chi connectivity index (χ2v) is 8.80. The van der Waals surface area contributed by atoms with Gasteiger partial charge in [0, 0.05) is 25.7 Å². The summed E-state index contributed by atoms with van der Waals surface area (Å²) in [5, 5.41) is 1.77. The standard InChI is InChI=1S/C17H22N2O3S2/c1-14-4-6-15(7-5-14)16(19-8-10-22-11-9-19)13-18-24(20,21)17-3-2-12-23-17/h2-7,12,16,18H,8-11,13H2,1H3. The Morgan fingerprint density at radius 3 is 2.54 bits per heavy atom. The van der Waals surface area contributed by atoms with Gasteiger partial charge in [-0.25, -0.2) is 13.1 Å². The van der Waals surface area contributed by atoms with E-state index >= 15 is 0 Å². The maximum atomic E-state index is 12.4. The molecule has 1 aliphatic heterocycles. The molecule has 0 saturated carbocycles. The highest BCUT2D eigenvalue weighted by Gasteiger charge is 2.25. The number of ether oxygens (including phenoxy) is 1. The monoisotopic (exact) mass is 366 g/mol. The van der Waals surface area contributed by atoms with E-state index in [0.717, 1.165) is 18.7 Å². The fourth-order valence-corrected chi connectivity index (χ4v) is 4.89. The lowest BCUT2D eigenvalue weighted by molar-refractivity contribution is 0.0172. The molecule has 1 N–H and O–H groups in total. The van der Waals surface area contributed by atoms with Crippen molar-refractivity contribution in [1.82, 2.24) is 9.62 Å². The van der Waals surface area contributed by atoms with Crippen LogP contribution < -0.4 is 4.72 Å². The van der Waals surface area contributed by atoms with Crippen molar-refractivity contribution in [2.45, 2.75) is 17.2 Å². The topological polar surface area (TPSA) is 58.6 Å². The van der Waals surface area contributed by atoms with Gasteiger partial charge < -0.3 is 4.74 Å². The largest absolute Gasteiger partial charge is 0.379 e. The van der Waals surface area contributed by atoms with Gasteiger partial charge in [-0.2, -0.15) is 0 Å². The van der Waals surface area contributed by atoms with Crippen molar-refractivity contribution in [3.05, 3.63) is 52.9 Å². The zero-order valence-electron chi connectivity index (χ0n) is 13.6.